The summed E-state index contributed by atoms with van der Waals surface area (Å²) in [4.78, 5) is 36.0. The Balaban J connectivity index is 1.83. The summed E-state index contributed by atoms with van der Waals surface area (Å²) in [5.41, 5.74) is 0.371. The Morgan fingerprint density at radius 1 is 1.26 bits per heavy atom. The first-order valence-corrected chi connectivity index (χ1v) is 9.76. The lowest BCUT2D eigenvalue weighted by atomic mass is 10.2. The van der Waals surface area contributed by atoms with Crippen molar-refractivity contribution >= 4 is 27.3 Å². The number of pyridine rings is 1. The summed E-state index contributed by atoms with van der Waals surface area (Å²) in [7, 11) is 0. The van der Waals surface area contributed by atoms with Gasteiger partial charge < -0.3 is 10.2 Å². The quantitative estimate of drug-likeness (QED) is 0.637. The number of anilines is 1. The summed E-state index contributed by atoms with van der Waals surface area (Å²) in [6.07, 6.45) is 6.62. The van der Waals surface area contributed by atoms with Crippen LogP contribution in [0.25, 0.3) is 4.96 Å². The van der Waals surface area contributed by atoms with Gasteiger partial charge in [0.05, 0.1) is 0 Å². The maximum Gasteiger partial charge on any atom is 0.288 e. The van der Waals surface area contributed by atoms with E-state index in [0.717, 1.165) is 36.6 Å². The summed E-state index contributed by atoms with van der Waals surface area (Å²) in [5.74, 6) is -0.473. The zero-order chi connectivity index (χ0) is 19.2. The van der Waals surface area contributed by atoms with Crippen LogP contribution in [0.1, 0.15) is 42.6 Å². The van der Waals surface area contributed by atoms with Crippen LogP contribution in [0.2, 0.25) is 0 Å². The van der Waals surface area contributed by atoms with E-state index in [4.69, 9.17) is 0 Å². The van der Waals surface area contributed by atoms with Crippen molar-refractivity contribution in [3.63, 3.8) is 0 Å². The second-order valence-electron chi connectivity index (χ2n) is 6.09. The Labute approximate surface area is 160 Å². The largest absolute Gasteiger partial charge is 0.348 e. The highest BCUT2D eigenvalue weighted by atomic mass is 32.1. The number of amides is 1. The van der Waals surface area contributed by atoms with Crippen LogP contribution in [0, 0.1) is 0 Å². The molecule has 8 nitrogen and oxygen atoms in total. The van der Waals surface area contributed by atoms with E-state index in [0.29, 0.717) is 4.96 Å². The number of hydrogen-bond donors (Lipinski definition) is 1. The molecule has 3 heterocycles. The molecule has 0 aliphatic rings. The molecule has 3 rings (SSSR count). The molecule has 0 fully saturated rings. The molecule has 0 saturated heterocycles. The van der Waals surface area contributed by atoms with E-state index in [9.17, 15) is 9.59 Å². The van der Waals surface area contributed by atoms with Crippen LogP contribution in [-0.2, 0) is 6.54 Å². The highest BCUT2D eigenvalue weighted by Crippen LogP contribution is 2.21. The maximum atomic E-state index is 12.7. The minimum atomic E-state index is -0.473. The molecule has 9 heteroatoms. The third-order valence-electron chi connectivity index (χ3n) is 3.95. The third kappa shape index (κ3) is 4.30. The van der Waals surface area contributed by atoms with Gasteiger partial charge in [-0.2, -0.15) is 4.52 Å². The zero-order valence-electron chi connectivity index (χ0n) is 15.4. The monoisotopic (exact) mass is 386 g/mol. The van der Waals surface area contributed by atoms with Crippen molar-refractivity contribution in [2.75, 3.05) is 18.0 Å². The van der Waals surface area contributed by atoms with Crippen LogP contribution in [0.3, 0.4) is 0 Å². The Morgan fingerprint density at radius 3 is 2.70 bits per heavy atom. The van der Waals surface area contributed by atoms with Crippen LogP contribution in [-0.4, -0.2) is 38.6 Å². The van der Waals surface area contributed by atoms with Gasteiger partial charge in [0.1, 0.15) is 5.56 Å². The number of nitrogens with one attached hydrogen (secondary N) is 1. The van der Waals surface area contributed by atoms with Gasteiger partial charge in [0.2, 0.25) is 10.1 Å². The van der Waals surface area contributed by atoms with E-state index >= 15 is 0 Å². The first-order valence-electron chi connectivity index (χ1n) is 8.95. The number of rotatable bonds is 8. The predicted octanol–water partition coefficient (Wildman–Crippen LogP) is 2.10. The second-order valence-corrected chi connectivity index (χ2v) is 7.02. The standard InChI is InChI=1S/C18H22N6O2S/c1-3-8-23(9-4-2)18-22-24-16(26)14(12-21-17(24)27-18)15(25)20-11-13-6-5-7-19-10-13/h5-7,10,12H,3-4,8-9,11H2,1-2H3,(H,20,25). The van der Waals surface area contributed by atoms with Gasteiger partial charge >= 0.3 is 0 Å². The van der Waals surface area contributed by atoms with Crippen LogP contribution in [0.4, 0.5) is 5.13 Å². The molecule has 0 unspecified atom stereocenters. The summed E-state index contributed by atoms with van der Waals surface area (Å²) in [6.45, 7) is 6.22. The topological polar surface area (TPSA) is 92.5 Å². The SMILES string of the molecule is CCCN(CCC)c1nn2c(=O)c(C(=O)NCc3cccnc3)cnc2s1. The van der Waals surface area contributed by atoms with Crippen LogP contribution in [0.15, 0.2) is 35.5 Å². The number of carbonyl (C=O) groups excluding carboxylic acids is 1. The molecule has 0 aromatic carbocycles. The van der Waals surface area contributed by atoms with Crippen molar-refractivity contribution in [3.05, 3.63) is 52.2 Å². The fourth-order valence-electron chi connectivity index (χ4n) is 2.68. The fourth-order valence-corrected chi connectivity index (χ4v) is 3.60. The molecule has 3 aromatic rings. The van der Waals surface area contributed by atoms with Crippen LogP contribution < -0.4 is 15.8 Å². The summed E-state index contributed by atoms with van der Waals surface area (Å²) in [6, 6.07) is 3.64. The zero-order valence-corrected chi connectivity index (χ0v) is 16.2. The lowest BCUT2D eigenvalue weighted by molar-refractivity contribution is 0.0948. The van der Waals surface area contributed by atoms with Crippen molar-refractivity contribution in [1.29, 1.82) is 0 Å². The third-order valence-corrected chi connectivity index (χ3v) is 4.94. The highest BCUT2D eigenvalue weighted by Gasteiger charge is 2.18. The molecule has 0 aliphatic heterocycles. The van der Waals surface area contributed by atoms with Crippen molar-refractivity contribution in [1.82, 2.24) is 24.9 Å². The lowest BCUT2D eigenvalue weighted by Gasteiger charge is -2.19. The first-order chi connectivity index (χ1) is 13.1. The summed E-state index contributed by atoms with van der Waals surface area (Å²) in [5, 5.41) is 7.88. The Morgan fingerprint density at radius 2 is 2.04 bits per heavy atom. The second kappa shape index (κ2) is 8.72. The van der Waals surface area contributed by atoms with E-state index in [2.05, 4.69) is 39.1 Å². The molecule has 142 valence electrons. The molecule has 0 radical (unpaired) electrons. The Bertz CT molecular complexity index is 963. The highest BCUT2D eigenvalue weighted by molar-refractivity contribution is 7.20. The lowest BCUT2D eigenvalue weighted by Crippen LogP contribution is -2.31. The molecule has 1 amide bonds. The van der Waals surface area contributed by atoms with Crippen molar-refractivity contribution in [3.8, 4) is 0 Å². The molecule has 3 aromatic heterocycles. The van der Waals surface area contributed by atoms with Crippen LogP contribution >= 0.6 is 11.3 Å². The van der Waals surface area contributed by atoms with Gasteiger partial charge in [-0.15, -0.1) is 5.10 Å². The Hall–Kier alpha value is -2.81. The molecule has 0 aliphatic carbocycles. The number of nitrogens with zero attached hydrogens (tertiary/aromatic N) is 5. The number of hydrogen-bond acceptors (Lipinski definition) is 7. The average Bonchev–Trinajstić information content (AvgIpc) is 3.12. The van der Waals surface area contributed by atoms with E-state index in [1.807, 2.05) is 6.07 Å². The number of carbonyl (C=O) groups is 1. The summed E-state index contributed by atoms with van der Waals surface area (Å²) < 4.78 is 1.22. The van der Waals surface area contributed by atoms with Gasteiger partial charge in [-0.05, 0) is 24.5 Å². The molecule has 0 atom stereocenters. The van der Waals surface area contributed by atoms with Gasteiger partial charge in [-0.1, -0.05) is 31.3 Å². The molecule has 0 bridgehead atoms. The number of aromatic nitrogens is 4. The Kier molecular flexibility index (Phi) is 6.12. The molecule has 1 N–H and O–H groups in total. The average molecular weight is 386 g/mol. The van der Waals surface area contributed by atoms with E-state index in [1.165, 1.54) is 22.0 Å². The van der Waals surface area contributed by atoms with Crippen molar-refractivity contribution in [2.45, 2.75) is 33.2 Å². The maximum absolute atomic E-state index is 12.7. The van der Waals surface area contributed by atoms with E-state index in [1.54, 1.807) is 18.5 Å². The molecule has 0 spiro atoms. The van der Waals surface area contributed by atoms with Crippen molar-refractivity contribution < 1.29 is 4.79 Å². The molecular weight excluding hydrogens is 364 g/mol. The van der Waals surface area contributed by atoms with Gasteiger partial charge in [-0.25, -0.2) is 4.98 Å². The normalized spacial score (nSPS) is 10.9. The smallest absolute Gasteiger partial charge is 0.288 e. The summed E-state index contributed by atoms with van der Waals surface area (Å²) >= 11 is 1.36. The van der Waals surface area contributed by atoms with Gasteiger partial charge in [0, 0.05) is 38.2 Å². The molecular formula is C18H22N6O2S. The number of fused-ring (bicyclic) bond motifs is 1. The van der Waals surface area contributed by atoms with E-state index in [-0.39, 0.29) is 12.1 Å². The fraction of sp³-hybridized carbons (Fsp3) is 0.389. The minimum absolute atomic E-state index is 0.0224. The van der Waals surface area contributed by atoms with Crippen molar-refractivity contribution in [2.24, 2.45) is 0 Å². The van der Waals surface area contributed by atoms with Gasteiger partial charge in [0.15, 0.2) is 0 Å². The first kappa shape index (κ1) is 19.0. The van der Waals surface area contributed by atoms with E-state index < -0.39 is 11.5 Å². The predicted molar refractivity (Wildman–Crippen MR) is 105 cm³/mol. The van der Waals surface area contributed by atoms with Gasteiger partial charge in [0.25, 0.3) is 11.5 Å². The van der Waals surface area contributed by atoms with Crippen LogP contribution in [0.5, 0.6) is 0 Å². The molecule has 0 saturated carbocycles. The minimum Gasteiger partial charge on any atom is -0.348 e. The van der Waals surface area contributed by atoms with Gasteiger partial charge in [-0.3, -0.25) is 14.6 Å². The molecule has 27 heavy (non-hydrogen) atoms.